The van der Waals surface area contributed by atoms with Gasteiger partial charge in [-0.25, -0.2) is 4.79 Å². The summed E-state index contributed by atoms with van der Waals surface area (Å²) in [5, 5.41) is 7.16. The summed E-state index contributed by atoms with van der Waals surface area (Å²) in [6.07, 6.45) is 0. The highest BCUT2D eigenvalue weighted by molar-refractivity contribution is 6.30. The third kappa shape index (κ3) is 2.80. The number of nitrogens with one attached hydrogen (secondary N) is 1. The highest BCUT2D eigenvalue weighted by Crippen LogP contribution is 2.46. The fourth-order valence-electron chi connectivity index (χ4n) is 3.83. The van der Waals surface area contributed by atoms with Crippen LogP contribution in [0.25, 0.3) is 10.8 Å². The average molecular weight is 381 g/mol. The zero-order valence-electron chi connectivity index (χ0n) is 14.4. The number of carbonyl (C=O) groups is 1. The lowest BCUT2D eigenvalue weighted by Crippen LogP contribution is -2.37. The zero-order chi connectivity index (χ0) is 18.4. The first-order valence-corrected chi connectivity index (χ1v) is 9.21. The van der Waals surface area contributed by atoms with Gasteiger partial charge in [-0.15, -0.1) is 0 Å². The Bertz CT molecular complexity index is 1020. The van der Waals surface area contributed by atoms with Gasteiger partial charge in [0, 0.05) is 22.2 Å². The minimum atomic E-state index is -0.300. The van der Waals surface area contributed by atoms with Gasteiger partial charge in [0.25, 0.3) is 0 Å². The molecule has 5 nitrogen and oxygen atoms in total. The van der Waals surface area contributed by atoms with Crippen molar-refractivity contribution in [1.82, 2.24) is 5.06 Å². The first-order chi connectivity index (χ1) is 13.2. The van der Waals surface area contributed by atoms with Gasteiger partial charge in [0.1, 0.15) is 5.75 Å². The van der Waals surface area contributed by atoms with E-state index in [1.54, 1.807) is 24.3 Å². The van der Waals surface area contributed by atoms with Crippen molar-refractivity contribution in [3.63, 3.8) is 0 Å². The van der Waals surface area contributed by atoms with Crippen LogP contribution in [-0.4, -0.2) is 24.3 Å². The second kappa shape index (κ2) is 6.44. The van der Waals surface area contributed by atoms with E-state index in [1.165, 1.54) is 5.06 Å². The molecule has 2 aliphatic heterocycles. The van der Waals surface area contributed by atoms with E-state index in [9.17, 15) is 4.79 Å². The number of hydroxylamine groups is 2. The van der Waals surface area contributed by atoms with Gasteiger partial charge < -0.3 is 10.1 Å². The molecule has 6 heteroatoms. The predicted molar refractivity (Wildman–Crippen MR) is 104 cm³/mol. The Morgan fingerprint density at radius 1 is 1.04 bits per heavy atom. The number of amides is 2. The van der Waals surface area contributed by atoms with Gasteiger partial charge in [-0.3, -0.25) is 4.84 Å². The maximum atomic E-state index is 12.9. The molecule has 3 aromatic carbocycles. The molecule has 5 rings (SSSR count). The number of rotatable bonds is 1. The quantitative estimate of drug-likeness (QED) is 0.644. The van der Waals surface area contributed by atoms with E-state index in [1.807, 2.05) is 24.3 Å². The molecule has 0 aliphatic carbocycles. The van der Waals surface area contributed by atoms with Gasteiger partial charge >= 0.3 is 6.03 Å². The Morgan fingerprint density at radius 2 is 1.85 bits per heavy atom. The van der Waals surface area contributed by atoms with Crippen molar-refractivity contribution in [1.29, 1.82) is 0 Å². The van der Waals surface area contributed by atoms with E-state index in [2.05, 4.69) is 17.4 Å². The third-order valence-electron chi connectivity index (χ3n) is 5.10. The number of ether oxygens (including phenoxy) is 1. The van der Waals surface area contributed by atoms with Gasteiger partial charge in [-0.1, -0.05) is 41.9 Å². The molecule has 2 heterocycles. The molecule has 0 bridgehead atoms. The van der Waals surface area contributed by atoms with Crippen LogP contribution in [0.15, 0.2) is 60.7 Å². The normalized spacial score (nSPS) is 20.7. The maximum Gasteiger partial charge on any atom is 0.346 e. The summed E-state index contributed by atoms with van der Waals surface area (Å²) >= 11 is 5.92. The summed E-state index contributed by atoms with van der Waals surface area (Å²) in [4.78, 5) is 18.7. The molecule has 3 aromatic rings. The second-order valence-electron chi connectivity index (χ2n) is 6.77. The van der Waals surface area contributed by atoms with Gasteiger partial charge in [0.05, 0.1) is 19.3 Å². The zero-order valence-corrected chi connectivity index (χ0v) is 15.1. The first-order valence-electron chi connectivity index (χ1n) is 8.84. The van der Waals surface area contributed by atoms with Crippen molar-refractivity contribution in [2.75, 3.05) is 18.5 Å². The number of carbonyl (C=O) groups excluding carboxylic acids is 1. The fraction of sp³-hybridized carbons (Fsp3) is 0.190. The van der Waals surface area contributed by atoms with Crippen LogP contribution < -0.4 is 10.1 Å². The minimum Gasteiger partial charge on any atom is -0.493 e. The maximum absolute atomic E-state index is 12.9. The van der Waals surface area contributed by atoms with Gasteiger partial charge in [-0.05, 0) is 41.1 Å². The molecule has 0 unspecified atom stereocenters. The Morgan fingerprint density at radius 3 is 2.70 bits per heavy atom. The molecule has 2 aliphatic rings. The average Bonchev–Trinajstić information content (AvgIpc) is 3.14. The van der Waals surface area contributed by atoms with E-state index in [-0.39, 0.29) is 18.0 Å². The Balaban J connectivity index is 1.52. The number of urea groups is 1. The van der Waals surface area contributed by atoms with Crippen LogP contribution in [0, 0.1) is 5.92 Å². The predicted octanol–water partition coefficient (Wildman–Crippen LogP) is 5.02. The van der Waals surface area contributed by atoms with Crippen molar-refractivity contribution in [2.24, 2.45) is 5.92 Å². The number of benzene rings is 3. The van der Waals surface area contributed by atoms with E-state index in [0.717, 1.165) is 22.1 Å². The SMILES string of the molecule is O=C(Nc1ccc(Cl)cc1)N1OC[C@@H]2COc3ccc4ccccc4c3[C@H]21. The first kappa shape index (κ1) is 16.4. The number of anilines is 1. The van der Waals surface area contributed by atoms with Crippen LogP contribution >= 0.6 is 11.6 Å². The summed E-state index contributed by atoms with van der Waals surface area (Å²) in [5.41, 5.74) is 1.68. The number of hydrogen-bond donors (Lipinski definition) is 1. The summed E-state index contributed by atoms with van der Waals surface area (Å²) < 4.78 is 5.95. The summed E-state index contributed by atoms with van der Waals surface area (Å²) in [7, 11) is 0. The number of hydrogen-bond acceptors (Lipinski definition) is 3. The number of nitrogens with zero attached hydrogens (tertiary/aromatic N) is 1. The van der Waals surface area contributed by atoms with Crippen molar-refractivity contribution in [3.05, 3.63) is 71.2 Å². The van der Waals surface area contributed by atoms with Crippen LogP contribution in [0.2, 0.25) is 5.02 Å². The third-order valence-corrected chi connectivity index (χ3v) is 5.35. The summed E-state index contributed by atoms with van der Waals surface area (Å²) in [6, 6.07) is 18.7. The van der Waals surface area contributed by atoms with E-state index < -0.39 is 0 Å². The molecule has 0 saturated carbocycles. The topological polar surface area (TPSA) is 50.8 Å². The van der Waals surface area contributed by atoms with Crippen molar-refractivity contribution >= 4 is 34.1 Å². The molecule has 2 atom stereocenters. The van der Waals surface area contributed by atoms with Gasteiger partial charge in [-0.2, -0.15) is 5.06 Å². The highest BCUT2D eigenvalue weighted by Gasteiger charge is 2.45. The molecule has 1 N–H and O–H groups in total. The molecule has 136 valence electrons. The monoisotopic (exact) mass is 380 g/mol. The van der Waals surface area contributed by atoms with Crippen molar-refractivity contribution in [3.8, 4) is 5.75 Å². The fourth-order valence-corrected chi connectivity index (χ4v) is 3.96. The van der Waals surface area contributed by atoms with Crippen LogP contribution in [0.3, 0.4) is 0 Å². The molecule has 0 radical (unpaired) electrons. The van der Waals surface area contributed by atoms with Crippen LogP contribution in [0.4, 0.5) is 10.5 Å². The lowest BCUT2D eigenvalue weighted by atomic mass is 9.88. The minimum absolute atomic E-state index is 0.0965. The molecule has 1 saturated heterocycles. The number of fused-ring (bicyclic) bond motifs is 5. The molecular weight excluding hydrogens is 364 g/mol. The molecule has 0 spiro atoms. The second-order valence-corrected chi connectivity index (χ2v) is 7.21. The van der Waals surface area contributed by atoms with Gasteiger partial charge in [0.15, 0.2) is 0 Å². The smallest absolute Gasteiger partial charge is 0.346 e. The van der Waals surface area contributed by atoms with Crippen molar-refractivity contribution in [2.45, 2.75) is 6.04 Å². The van der Waals surface area contributed by atoms with Crippen LogP contribution in [-0.2, 0) is 4.84 Å². The summed E-state index contributed by atoms with van der Waals surface area (Å²) in [5.74, 6) is 0.906. The highest BCUT2D eigenvalue weighted by atomic mass is 35.5. The van der Waals surface area contributed by atoms with Crippen LogP contribution in [0.1, 0.15) is 11.6 Å². The lowest BCUT2D eigenvalue weighted by molar-refractivity contribution is -0.0830. The standard InChI is InChI=1S/C21H17ClN2O3/c22-15-6-8-16(9-7-15)23-21(25)24-20-14(12-27-24)11-26-18-10-5-13-3-1-2-4-17(13)19(18)20/h1-10,14,20H,11-12H2,(H,23,25)/t14-,20-/m0/s1. The largest absolute Gasteiger partial charge is 0.493 e. The number of halogens is 1. The molecule has 0 aromatic heterocycles. The van der Waals surface area contributed by atoms with E-state index >= 15 is 0 Å². The van der Waals surface area contributed by atoms with Crippen molar-refractivity contribution < 1.29 is 14.4 Å². The molecular formula is C21H17ClN2O3. The summed E-state index contributed by atoms with van der Waals surface area (Å²) in [6.45, 7) is 0.974. The molecule has 2 amide bonds. The van der Waals surface area contributed by atoms with Crippen LogP contribution in [0.5, 0.6) is 5.75 Å². The van der Waals surface area contributed by atoms with E-state index in [4.69, 9.17) is 21.2 Å². The Hall–Kier alpha value is -2.76. The lowest BCUT2D eigenvalue weighted by Gasteiger charge is -2.32. The molecule has 27 heavy (non-hydrogen) atoms. The van der Waals surface area contributed by atoms with Gasteiger partial charge in [0.2, 0.25) is 0 Å². The van der Waals surface area contributed by atoms with E-state index in [0.29, 0.717) is 23.9 Å². The molecule has 1 fully saturated rings. The Kier molecular flexibility index (Phi) is 3.92. The Labute approximate surface area is 161 Å².